The zero-order chi connectivity index (χ0) is 27.5. The second-order valence-electron chi connectivity index (χ2n) is 9.95. The fourth-order valence-corrected chi connectivity index (χ4v) is 5.49. The fraction of sp³-hybridized carbons (Fsp3) is 0.452. The maximum absolute atomic E-state index is 13.3. The molecule has 39 heavy (non-hydrogen) atoms. The lowest BCUT2D eigenvalue weighted by Crippen LogP contribution is -2.31. The molecule has 7 nitrogen and oxygen atoms in total. The molecule has 1 aromatic carbocycles. The first-order chi connectivity index (χ1) is 19.2. The van der Waals surface area contributed by atoms with Crippen LogP contribution in [0.5, 0.6) is 0 Å². The van der Waals surface area contributed by atoms with Crippen LogP contribution >= 0.6 is 0 Å². The highest BCUT2D eigenvalue weighted by molar-refractivity contribution is 5.42. The van der Waals surface area contributed by atoms with Gasteiger partial charge in [-0.05, 0) is 85.8 Å². The van der Waals surface area contributed by atoms with E-state index < -0.39 is 0 Å². The fourth-order valence-electron chi connectivity index (χ4n) is 5.49. The van der Waals surface area contributed by atoms with Crippen molar-refractivity contribution in [3.63, 3.8) is 0 Å². The van der Waals surface area contributed by atoms with Crippen LogP contribution < -0.4 is 10.9 Å². The number of likely N-dealkylation sites (tertiary alicyclic amines) is 1. The summed E-state index contributed by atoms with van der Waals surface area (Å²) >= 11 is 0. The highest BCUT2D eigenvalue weighted by Crippen LogP contribution is 2.41. The standard InChI is InChI=1S/C16H18N6.C13H18FN.C2H6/c1-22-16(11-4-7-17-8-5-11)13-10-12(2-3-15(13)20-22)14-6-9-18-21-19-14;14-13-7-3-2-6-12(13)8-11-15-9-4-1-5-10-15;1-2/h2-8,12,16,20H,9-10H2,1H3,(H,18,19);2-3,6-7H,1,4-5,8-11H2;1-2H3. The van der Waals surface area contributed by atoms with Gasteiger partial charge in [0.1, 0.15) is 5.82 Å². The lowest BCUT2D eigenvalue weighted by atomic mass is 9.85. The number of allylic oxidation sites excluding steroid dienone is 2. The molecule has 1 saturated heterocycles. The van der Waals surface area contributed by atoms with Crippen LogP contribution in [-0.2, 0) is 6.42 Å². The molecule has 8 heteroatoms. The molecular weight excluding hydrogens is 489 g/mol. The summed E-state index contributed by atoms with van der Waals surface area (Å²) in [5, 5.41) is 10.0. The van der Waals surface area contributed by atoms with Gasteiger partial charge in [-0.15, -0.1) is 0 Å². The maximum Gasteiger partial charge on any atom is 0.126 e. The Hall–Kier alpha value is -3.36. The largest absolute Gasteiger partial charge is 0.318 e. The lowest BCUT2D eigenvalue weighted by Gasteiger charge is -2.26. The third-order valence-corrected chi connectivity index (χ3v) is 7.46. The first-order valence-electron chi connectivity index (χ1n) is 14.3. The van der Waals surface area contributed by atoms with Gasteiger partial charge in [-0.2, -0.15) is 5.11 Å². The molecule has 3 aliphatic heterocycles. The average Bonchev–Trinajstić information content (AvgIpc) is 3.34. The Balaban J connectivity index is 0.000000182. The number of rotatable bonds is 5. The Labute approximate surface area is 232 Å². The Kier molecular flexibility index (Phi) is 10.8. The first-order valence-corrected chi connectivity index (χ1v) is 14.3. The SMILES string of the molecule is CC.CN1NC2=C(CC(C3=CCN=NN3)C=C2)C1c1ccncc1.Fc1ccccc1CCN1CCCCC1. The number of hydrogen-bond acceptors (Lipinski definition) is 7. The summed E-state index contributed by atoms with van der Waals surface area (Å²) in [6, 6.07) is 11.5. The van der Waals surface area contributed by atoms with Crippen LogP contribution in [0.15, 0.2) is 94.3 Å². The molecule has 0 bridgehead atoms. The summed E-state index contributed by atoms with van der Waals surface area (Å²) in [7, 11) is 2.08. The summed E-state index contributed by atoms with van der Waals surface area (Å²) in [4.78, 5) is 6.56. The number of aromatic nitrogens is 1. The van der Waals surface area contributed by atoms with Crippen molar-refractivity contribution in [2.45, 2.75) is 52.0 Å². The number of pyridine rings is 1. The van der Waals surface area contributed by atoms with E-state index in [1.807, 2.05) is 38.4 Å². The molecule has 2 atom stereocenters. The molecular formula is C31H42FN7. The van der Waals surface area contributed by atoms with Crippen molar-refractivity contribution in [2.75, 3.05) is 33.2 Å². The van der Waals surface area contributed by atoms with Gasteiger partial charge < -0.3 is 10.3 Å². The number of hydrazine groups is 1. The van der Waals surface area contributed by atoms with Crippen LogP contribution in [0.3, 0.4) is 0 Å². The molecule has 0 saturated carbocycles. The number of nitrogens with one attached hydrogen (secondary N) is 2. The maximum atomic E-state index is 13.3. The second-order valence-corrected chi connectivity index (χ2v) is 9.95. The lowest BCUT2D eigenvalue weighted by molar-refractivity contribution is 0.231. The molecule has 208 valence electrons. The number of likely N-dealkylation sites (N-methyl/N-ethyl adjacent to an activating group) is 1. The third-order valence-electron chi connectivity index (χ3n) is 7.46. The van der Waals surface area contributed by atoms with E-state index in [0.717, 1.165) is 30.6 Å². The summed E-state index contributed by atoms with van der Waals surface area (Å²) in [5.74, 6) is 0.269. The minimum atomic E-state index is -0.0606. The van der Waals surface area contributed by atoms with Gasteiger partial charge in [-0.1, -0.05) is 49.8 Å². The predicted molar refractivity (Wildman–Crippen MR) is 155 cm³/mol. The molecule has 4 aliphatic rings. The molecule has 2 unspecified atom stereocenters. The van der Waals surface area contributed by atoms with Crippen LogP contribution in [-0.4, -0.2) is 48.1 Å². The summed E-state index contributed by atoms with van der Waals surface area (Å²) in [5.41, 5.74) is 12.4. The van der Waals surface area contributed by atoms with Gasteiger partial charge in [0.2, 0.25) is 0 Å². The van der Waals surface area contributed by atoms with Crippen molar-refractivity contribution in [3.8, 4) is 0 Å². The van der Waals surface area contributed by atoms with Gasteiger partial charge in [0.15, 0.2) is 0 Å². The van der Waals surface area contributed by atoms with Crippen molar-refractivity contribution >= 4 is 0 Å². The van der Waals surface area contributed by atoms with E-state index in [1.54, 1.807) is 12.1 Å². The van der Waals surface area contributed by atoms with Crippen molar-refractivity contribution in [2.24, 2.45) is 16.3 Å². The molecule has 0 spiro atoms. The molecule has 1 fully saturated rings. The van der Waals surface area contributed by atoms with Crippen LogP contribution in [0.2, 0.25) is 0 Å². The molecule has 0 radical (unpaired) electrons. The highest BCUT2D eigenvalue weighted by Gasteiger charge is 2.34. The van der Waals surface area contributed by atoms with E-state index in [1.165, 1.54) is 49.2 Å². The van der Waals surface area contributed by atoms with Crippen molar-refractivity contribution in [1.29, 1.82) is 0 Å². The quantitative estimate of drug-likeness (QED) is 0.485. The van der Waals surface area contributed by atoms with Crippen molar-refractivity contribution in [3.05, 3.63) is 101 Å². The average molecular weight is 532 g/mol. The Bertz CT molecular complexity index is 1170. The molecule has 4 heterocycles. The Morgan fingerprint density at radius 3 is 2.51 bits per heavy atom. The minimum Gasteiger partial charge on any atom is -0.318 e. The molecule has 0 amide bonds. The summed E-state index contributed by atoms with van der Waals surface area (Å²) < 4.78 is 13.3. The number of piperidine rings is 1. The van der Waals surface area contributed by atoms with Crippen molar-refractivity contribution < 1.29 is 4.39 Å². The Morgan fingerprint density at radius 2 is 1.79 bits per heavy atom. The molecule has 1 aliphatic carbocycles. The predicted octanol–water partition coefficient (Wildman–Crippen LogP) is 6.14. The van der Waals surface area contributed by atoms with E-state index in [-0.39, 0.29) is 11.9 Å². The summed E-state index contributed by atoms with van der Waals surface area (Å²) in [6.45, 7) is 8.04. The topological polar surface area (TPSA) is 68.1 Å². The number of nitrogens with zero attached hydrogens (tertiary/aromatic N) is 5. The number of halogens is 1. The second kappa shape index (κ2) is 14.7. The summed E-state index contributed by atoms with van der Waals surface area (Å²) in [6.07, 6.45) is 16.0. The van der Waals surface area contributed by atoms with E-state index in [4.69, 9.17) is 0 Å². The zero-order valence-electron chi connectivity index (χ0n) is 23.5. The van der Waals surface area contributed by atoms with Crippen LogP contribution in [0.1, 0.15) is 56.7 Å². The van der Waals surface area contributed by atoms with Gasteiger partial charge >= 0.3 is 0 Å². The van der Waals surface area contributed by atoms with Gasteiger partial charge in [-0.25, -0.2) is 9.40 Å². The monoisotopic (exact) mass is 531 g/mol. The molecule has 6 rings (SSSR count). The minimum absolute atomic E-state index is 0.0606. The van der Waals surface area contributed by atoms with E-state index >= 15 is 0 Å². The molecule has 2 N–H and O–H groups in total. The third kappa shape index (κ3) is 7.61. The van der Waals surface area contributed by atoms with Crippen LogP contribution in [0.4, 0.5) is 4.39 Å². The zero-order valence-corrected chi connectivity index (χ0v) is 23.5. The van der Waals surface area contributed by atoms with Gasteiger partial charge in [0.25, 0.3) is 0 Å². The first kappa shape index (κ1) is 28.6. The van der Waals surface area contributed by atoms with Crippen LogP contribution in [0, 0.1) is 11.7 Å². The highest BCUT2D eigenvalue weighted by atomic mass is 19.1. The van der Waals surface area contributed by atoms with Gasteiger partial charge in [0.05, 0.1) is 12.6 Å². The van der Waals surface area contributed by atoms with E-state index in [0.29, 0.717) is 12.5 Å². The molecule has 2 aromatic rings. The number of hydrogen-bond donors (Lipinski definition) is 2. The van der Waals surface area contributed by atoms with E-state index in [9.17, 15) is 4.39 Å². The van der Waals surface area contributed by atoms with Gasteiger partial charge in [-0.3, -0.25) is 10.4 Å². The van der Waals surface area contributed by atoms with Gasteiger partial charge in [0, 0.05) is 43.3 Å². The smallest absolute Gasteiger partial charge is 0.126 e. The molecule has 1 aromatic heterocycles. The van der Waals surface area contributed by atoms with E-state index in [2.05, 4.69) is 73.5 Å². The van der Waals surface area contributed by atoms with Crippen LogP contribution in [0.25, 0.3) is 0 Å². The van der Waals surface area contributed by atoms with Crippen molar-refractivity contribution in [1.82, 2.24) is 25.7 Å². The normalized spacial score (nSPS) is 22.4. The Morgan fingerprint density at radius 1 is 1.03 bits per heavy atom. The number of benzene rings is 1.